The summed E-state index contributed by atoms with van der Waals surface area (Å²) in [5.74, 6) is -0.213. The van der Waals surface area contributed by atoms with Gasteiger partial charge in [0, 0.05) is 25.2 Å². The van der Waals surface area contributed by atoms with E-state index in [2.05, 4.69) is 11.9 Å². The lowest BCUT2D eigenvalue weighted by Gasteiger charge is -2.25. The lowest BCUT2D eigenvalue weighted by atomic mass is 10.1. The van der Waals surface area contributed by atoms with Gasteiger partial charge in [0.25, 0.3) is 5.91 Å². The highest BCUT2D eigenvalue weighted by Gasteiger charge is 2.37. The highest BCUT2D eigenvalue weighted by Crippen LogP contribution is 2.30. The molecule has 116 valence electrons. The topological polar surface area (TPSA) is 83.7 Å². The SMILES string of the molecule is CN1[C@H]2CC[C@@H]1CN(C(=O)c1sccc1S(N)(=O)=O)CC2. The number of hydrogen-bond donors (Lipinski definition) is 1. The maximum Gasteiger partial charge on any atom is 0.265 e. The third-order valence-corrected chi connectivity index (χ3v) is 6.55. The van der Waals surface area contributed by atoms with Gasteiger partial charge in [0.1, 0.15) is 9.77 Å². The second-order valence-electron chi connectivity index (χ2n) is 5.75. The number of likely N-dealkylation sites (N-methyl/N-ethyl adjacent to an activating group) is 1. The van der Waals surface area contributed by atoms with Crippen LogP contribution in [0.25, 0.3) is 0 Å². The number of amides is 1. The number of primary sulfonamides is 1. The van der Waals surface area contributed by atoms with E-state index in [4.69, 9.17) is 5.14 Å². The van der Waals surface area contributed by atoms with Crippen LogP contribution in [0.4, 0.5) is 0 Å². The second kappa shape index (κ2) is 5.35. The minimum Gasteiger partial charge on any atom is -0.336 e. The molecule has 2 saturated heterocycles. The van der Waals surface area contributed by atoms with Crippen molar-refractivity contribution in [2.45, 2.75) is 36.2 Å². The average molecular weight is 329 g/mol. The fraction of sp³-hybridized carbons (Fsp3) is 0.615. The molecule has 0 saturated carbocycles. The normalized spacial score (nSPS) is 26.9. The Morgan fingerprint density at radius 1 is 1.33 bits per heavy atom. The van der Waals surface area contributed by atoms with Crippen molar-refractivity contribution < 1.29 is 13.2 Å². The zero-order valence-electron chi connectivity index (χ0n) is 11.9. The van der Waals surface area contributed by atoms with E-state index >= 15 is 0 Å². The third kappa shape index (κ3) is 2.73. The Kier molecular flexibility index (Phi) is 3.81. The summed E-state index contributed by atoms with van der Waals surface area (Å²) in [6, 6.07) is 2.32. The standard InChI is InChI=1S/C13H19N3O3S2/c1-15-9-2-3-10(15)8-16(6-4-9)13(17)12-11(5-7-20-12)21(14,18)19/h5,7,9-10H,2-4,6,8H2,1H3,(H2,14,18,19)/t9-,10+/m0/s1. The number of sulfonamides is 1. The van der Waals surface area contributed by atoms with Crippen LogP contribution in [0.3, 0.4) is 0 Å². The third-order valence-electron chi connectivity index (χ3n) is 4.57. The van der Waals surface area contributed by atoms with Gasteiger partial charge in [-0.1, -0.05) is 0 Å². The molecular formula is C13H19N3O3S2. The molecule has 2 N–H and O–H groups in total. The van der Waals surface area contributed by atoms with Crippen molar-refractivity contribution in [3.63, 3.8) is 0 Å². The van der Waals surface area contributed by atoms with Crippen molar-refractivity contribution in [2.24, 2.45) is 5.14 Å². The lowest BCUT2D eigenvalue weighted by Crippen LogP contribution is -2.39. The van der Waals surface area contributed by atoms with Crippen molar-refractivity contribution >= 4 is 27.3 Å². The van der Waals surface area contributed by atoms with Gasteiger partial charge in [-0.25, -0.2) is 13.6 Å². The molecule has 6 nitrogen and oxygen atoms in total. The van der Waals surface area contributed by atoms with E-state index in [1.165, 1.54) is 12.5 Å². The summed E-state index contributed by atoms with van der Waals surface area (Å²) in [5, 5.41) is 6.78. The van der Waals surface area contributed by atoms with E-state index in [0.29, 0.717) is 25.2 Å². The van der Waals surface area contributed by atoms with Gasteiger partial charge in [-0.15, -0.1) is 11.3 Å². The van der Waals surface area contributed by atoms with Crippen molar-refractivity contribution in [1.29, 1.82) is 0 Å². The Morgan fingerprint density at radius 3 is 2.76 bits per heavy atom. The van der Waals surface area contributed by atoms with Crippen LogP contribution in [0.15, 0.2) is 16.3 Å². The number of fused-ring (bicyclic) bond motifs is 2. The minimum atomic E-state index is -3.85. The first-order valence-corrected chi connectivity index (χ1v) is 9.42. The van der Waals surface area contributed by atoms with Gasteiger partial charge < -0.3 is 4.90 Å². The number of carbonyl (C=O) groups is 1. The van der Waals surface area contributed by atoms with E-state index < -0.39 is 10.0 Å². The fourth-order valence-electron chi connectivity index (χ4n) is 3.31. The molecule has 0 unspecified atom stereocenters. The summed E-state index contributed by atoms with van der Waals surface area (Å²) in [4.78, 5) is 17.0. The molecule has 1 amide bonds. The Morgan fingerprint density at radius 2 is 2.05 bits per heavy atom. The van der Waals surface area contributed by atoms with Crippen LogP contribution in [0.1, 0.15) is 28.9 Å². The summed E-state index contributed by atoms with van der Waals surface area (Å²) < 4.78 is 23.1. The Bertz CT molecular complexity index is 655. The van der Waals surface area contributed by atoms with Crippen LogP contribution in [0, 0.1) is 0 Å². The second-order valence-corrected chi connectivity index (χ2v) is 8.20. The maximum absolute atomic E-state index is 12.7. The highest BCUT2D eigenvalue weighted by atomic mass is 32.2. The molecule has 2 atom stereocenters. The van der Waals surface area contributed by atoms with Crippen molar-refractivity contribution in [3.05, 3.63) is 16.3 Å². The molecule has 0 aliphatic carbocycles. The van der Waals surface area contributed by atoms with Crippen LogP contribution in [-0.2, 0) is 10.0 Å². The number of thiophene rings is 1. The Balaban J connectivity index is 1.85. The summed E-state index contributed by atoms with van der Waals surface area (Å²) in [6.07, 6.45) is 3.22. The van der Waals surface area contributed by atoms with E-state index in [1.54, 1.807) is 10.3 Å². The van der Waals surface area contributed by atoms with Gasteiger partial charge in [-0.05, 0) is 37.8 Å². The number of rotatable bonds is 2. The largest absolute Gasteiger partial charge is 0.336 e. The van der Waals surface area contributed by atoms with E-state index in [0.717, 1.165) is 24.2 Å². The van der Waals surface area contributed by atoms with E-state index in [-0.39, 0.29) is 15.7 Å². The first kappa shape index (κ1) is 15.0. The smallest absolute Gasteiger partial charge is 0.265 e. The highest BCUT2D eigenvalue weighted by molar-refractivity contribution is 7.89. The molecule has 3 rings (SSSR count). The first-order valence-electron chi connectivity index (χ1n) is 6.99. The quantitative estimate of drug-likeness (QED) is 0.866. The summed E-state index contributed by atoms with van der Waals surface area (Å²) in [7, 11) is -1.74. The molecule has 0 radical (unpaired) electrons. The monoisotopic (exact) mass is 329 g/mol. The van der Waals surface area contributed by atoms with Crippen LogP contribution in [-0.4, -0.2) is 56.3 Å². The van der Waals surface area contributed by atoms with Crippen LogP contribution >= 0.6 is 11.3 Å². The van der Waals surface area contributed by atoms with Crippen molar-refractivity contribution in [1.82, 2.24) is 9.80 Å². The number of hydrogen-bond acceptors (Lipinski definition) is 5. The van der Waals surface area contributed by atoms with Crippen LogP contribution in [0.2, 0.25) is 0 Å². The lowest BCUT2D eigenvalue weighted by molar-refractivity contribution is 0.0741. The van der Waals surface area contributed by atoms with Gasteiger partial charge in [0.15, 0.2) is 0 Å². The van der Waals surface area contributed by atoms with Crippen LogP contribution < -0.4 is 5.14 Å². The summed E-state index contributed by atoms with van der Waals surface area (Å²) in [5.41, 5.74) is 0. The fourth-order valence-corrected chi connectivity index (χ4v) is 5.25. The van der Waals surface area contributed by atoms with E-state index in [9.17, 15) is 13.2 Å². The van der Waals surface area contributed by atoms with Gasteiger partial charge in [-0.3, -0.25) is 9.69 Å². The number of nitrogens with zero attached hydrogens (tertiary/aromatic N) is 2. The molecule has 21 heavy (non-hydrogen) atoms. The average Bonchev–Trinajstić information content (AvgIpc) is 2.94. The number of likely N-dealkylation sites (tertiary alicyclic amines) is 1. The molecule has 0 aromatic carbocycles. The number of carbonyl (C=O) groups excluding carboxylic acids is 1. The Hall–Kier alpha value is -0.960. The maximum atomic E-state index is 12.7. The molecule has 8 heteroatoms. The van der Waals surface area contributed by atoms with Gasteiger partial charge in [0.05, 0.1) is 0 Å². The molecule has 2 aliphatic heterocycles. The molecule has 3 heterocycles. The van der Waals surface area contributed by atoms with E-state index in [1.807, 2.05) is 0 Å². The molecular weight excluding hydrogens is 310 g/mol. The first-order chi connectivity index (χ1) is 9.88. The predicted octanol–water partition coefficient (Wildman–Crippen LogP) is 0.704. The number of nitrogens with two attached hydrogens (primary N) is 1. The summed E-state index contributed by atoms with van der Waals surface area (Å²) in [6.45, 7) is 1.33. The molecule has 2 bridgehead atoms. The molecule has 1 aromatic rings. The van der Waals surface area contributed by atoms with Crippen molar-refractivity contribution in [2.75, 3.05) is 20.1 Å². The van der Waals surface area contributed by atoms with Gasteiger partial charge in [-0.2, -0.15) is 0 Å². The molecule has 2 fully saturated rings. The Labute approximate surface area is 128 Å². The molecule has 2 aliphatic rings. The van der Waals surface area contributed by atoms with Gasteiger partial charge in [0.2, 0.25) is 10.0 Å². The van der Waals surface area contributed by atoms with Crippen molar-refractivity contribution in [3.8, 4) is 0 Å². The summed E-state index contributed by atoms with van der Waals surface area (Å²) >= 11 is 1.14. The zero-order valence-corrected chi connectivity index (χ0v) is 13.5. The minimum absolute atomic E-state index is 0.0553. The molecule has 1 aromatic heterocycles. The molecule has 0 spiro atoms. The van der Waals surface area contributed by atoms with Gasteiger partial charge >= 0.3 is 0 Å². The predicted molar refractivity (Wildman–Crippen MR) is 80.8 cm³/mol. The van der Waals surface area contributed by atoms with Crippen LogP contribution in [0.5, 0.6) is 0 Å². The zero-order chi connectivity index (χ0) is 15.2.